The standard InChI is InChI=1S/C19H27N3O3/c1-2-25-12-11-22-17-10-9-14(13-16(17)21-19(22)24)18(23)20-15-7-5-3-4-6-8-15/h9-10,13,15H,2-8,11-12H2,1H3,(H,20,23)(H,21,24). The van der Waals surface area contributed by atoms with Crippen molar-refractivity contribution in [1.82, 2.24) is 14.9 Å². The molecule has 0 bridgehead atoms. The lowest BCUT2D eigenvalue weighted by Crippen LogP contribution is -2.34. The smallest absolute Gasteiger partial charge is 0.326 e. The summed E-state index contributed by atoms with van der Waals surface area (Å²) in [5.41, 5.74) is 1.91. The van der Waals surface area contributed by atoms with Gasteiger partial charge in [-0.1, -0.05) is 25.7 Å². The predicted octanol–water partition coefficient (Wildman–Crippen LogP) is 2.82. The van der Waals surface area contributed by atoms with E-state index < -0.39 is 0 Å². The number of nitrogens with zero attached hydrogens (tertiary/aromatic N) is 1. The molecule has 2 aromatic rings. The minimum absolute atomic E-state index is 0.0586. The average molecular weight is 345 g/mol. The van der Waals surface area contributed by atoms with E-state index in [1.54, 1.807) is 16.7 Å². The van der Waals surface area contributed by atoms with Crippen molar-refractivity contribution in [2.24, 2.45) is 0 Å². The van der Waals surface area contributed by atoms with Crippen molar-refractivity contribution >= 4 is 16.9 Å². The van der Waals surface area contributed by atoms with E-state index in [2.05, 4.69) is 10.3 Å². The van der Waals surface area contributed by atoms with Crippen LogP contribution in [-0.4, -0.2) is 34.7 Å². The van der Waals surface area contributed by atoms with Gasteiger partial charge < -0.3 is 15.0 Å². The van der Waals surface area contributed by atoms with Gasteiger partial charge in [0, 0.05) is 18.2 Å². The summed E-state index contributed by atoms with van der Waals surface area (Å²) in [7, 11) is 0. The van der Waals surface area contributed by atoms with Crippen LogP contribution in [0.25, 0.3) is 11.0 Å². The summed E-state index contributed by atoms with van der Waals surface area (Å²) in [6.45, 7) is 3.55. The van der Waals surface area contributed by atoms with Gasteiger partial charge >= 0.3 is 5.69 Å². The van der Waals surface area contributed by atoms with Crippen LogP contribution in [-0.2, 0) is 11.3 Å². The molecular weight excluding hydrogens is 318 g/mol. The molecule has 3 rings (SSSR count). The number of rotatable bonds is 6. The van der Waals surface area contributed by atoms with Crippen LogP contribution in [0.15, 0.2) is 23.0 Å². The molecule has 0 unspecified atom stereocenters. The molecule has 1 saturated carbocycles. The molecule has 0 atom stereocenters. The lowest BCUT2D eigenvalue weighted by atomic mass is 10.1. The fraction of sp³-hybridized carbons (Fsp3) is 0.579. The van der Waals surface area contributed by atoms with E-state index in [9.17, 15) is 9.59 Å². The Bertz CT molecular complexity index is 770. The number of aromatic nitrogens is 2. The molecule has 0 spiro atoms. The zero-order chi connectivity index (χ0) is 17.6. The van der Waals surface area contributed by atoms with Crippen molar-refractivity contribution in [3.63, 3.8) is 0 Å². The first-order valence-corrected chi connectivity index (χ1v) is 9.30. The number of hydrogen-bond acceptors (Lipinski definition) is 3. The summed E-state index contributed by atoms with van der Waals surface area (Å²) in [6, 6.07) is 5.65. The Morgan fingerprint density at radius 2 is 2.04 bits per heavy atom. The van der Waals surface area contributed by atoms with Crippen LogP contribution in [0.3, 0.4) is 0 Å². The SMILES string of the molecule is CCOCCn1c(=O)[nH]c2cc(C(=O)NC3CCCCCC3)ccc21. The Morgan fingerprint density at radius 1 is 1.28 bits per heavy atom. The topological polar surface area (TPSA) is 76.1 Å². The minimum Gasteiger partial charge on any atom is -0.380 e. The maximum absolute atomic E-state index is 12.5. The van der Waals surface area contributed by atoms with Gasteiger partial charge in [-0.2, -0.15) is 0 Å². The average Bonchev–Trinajstić information content (AvgIpc) is 2.77. The van der Waals surface area contributed by atoms with Gasteiger partial charge in [-0.25, -0.2) is 4.79 Å². The number of ether oxygens (including phenoxy) is 1. The fourth-order valence-electron chi connectivity index (χ4n) is 3.52. The number of imidazole rings is 1. The summed E-state index contributed by atoms with van der Waals surface area (Å²) < 4.78 is 6.98. The summed E-state index contributed by atoms with van der Waals surface area (Å²) in [4.78, 5) is 27.5. The van der Waals surface area contributed by atoms with Gasteiger partial charge in [-0.15, -0.1) is 0 Å². The number of amides is 1. The van der Waals surface area contributed by atoms with Crippen LogP contribution in [0, 0.1) is 0 Å². The number of fused-ring (bicyclic) bond motifs is 1. The van der Waals surface area contributed by atoms with E-state index in [1.807, 2.05) is 13.0 Å². The first-order valence-electron chi connectivity index (χ1n) is 9.30. The predicted molar refractivity (Wildman–Crippen MR) is 98.0 cm³/mol. The van der Waals surface area contributed by atoms with E-state index in [4.69, 9.17) is 4.74 Å². The van der Waals surface area contributed by atoms with Gasteiger partial charge in [0.15, 0.2) is 0 Å². The largest absolute Gasteiger partial charge is 0.380 e. The van der Waals surface area contributed by atoms with E-state index in [1.165, 1.54) is 25.7 Å². The molecule has 2 N–H and O–H groups in total. The number of aromatic amines is 1. The van der Waals surface area contributed by atoms with Crippen LogP contribution in [0.2, 0.25) is 0 Å². The highest BCUT2D eigenvalue weighted by Crippen LogP contribution is 2.18. The molecule has 6 nitrogen and oxygen atoms in total. The second kappa shape index (κ2) is 8.34. The summed E-state index contributed by atoms with van der Waals surface area (Å²) in [6.07, 6.45) is 6.99. The normalized spacial score (nSPS) is 16.0. The van der Waals surface area contributed by atoms with Crippen molar-refractivity contribution in [2.45, 2.75) is 58.0 Å². The number of H-pyrrole nitrogens is 1. The summed E-state index contributed by atoms with van der Waals surface area (Å²) in [5, 5.41) is 3.15. The molecule has 0 aliphatic heterocycles. The molecule has 6 heteroatoms. The molecule has 1 aliphatic carbocycles. The highest BCUT2D eigenvalue weighted by atomic mass is 16.5. The second-order valence-electron chi connectivity index (χ2n) is 6.67. The monoisotopic (exact) mass is 345 g/mol. The van der Waals surface area contributed by atoms with Crippen LogP contribution in [0.5, 0.6) is 0 Å². The summed E-state index contributed by atoms with van der Waals surface area (Å²) >= 11 is 0. The van der Waals surface area contributed by atoms with Crippen LogP contribution in [0.4, 0.5) is 0 Å². The lowest BCUT2D eigenvalue weighted by molar-refractivity contribution is 0.0933. The van der Waals surface area contributed by atoms with Crippen molar-refractivity contribution in [1.29, 1.82) is 0 Å². The minimum atomic E-state index is -0.170. The number of nitrogens with one attached hydrogen (secondary N) is 2. The first kappa shape index (κ1) is 17.7. The molecule has 1 fully saturated rings. The maximum Gasteiger partial charge on any atom is 0.326 e. The van der Waals surface area contributed by atoms with E-state index >= 15 is 0 Å². The van der Waals surface area contributed by atoms with E-state index in [-0.39, 0.29) is 17.6 Å². The van der Waals surface area contributed by atoms with Crippen LogP contribution in [0.1, 0.15) is 55.8 Å². The number of carbonyl (C=O) groups excluding carboxylic acids is 1. The van der Waals surface area contributed by atoms with Gasteiger partial charge in [0.05, 0.1) is 24.2 Å². The summed E-state index contributed by atoms with van der Waals surface area (Å²) in [5.74, 6) is -0.0586. The third kappa shape index (κ3) is 4.31. The van der Waals surface area contributed by atoms with Crippen LogP contribution >= 0.6 is 0 Å². The maximum atomic E-state index is 12.5. The zero-order valence-corrected chi connectivity index (χ0v) is 14.8. The second-order valence-corrected chi connectivity index (χ2v) is 6.67. The molecule has 1 aliphatic rings. The third-order valence-corrected chi connectivity index (χ3v) is 4.89. The molecule has 1 aromatic heterocycles. The number of carbonyl (C=O) groups is 1. The molecule has 136 valence electrons. The molecule has 1 amide bonds. The Balaban J connectivity index is 1.74. The molecular formula is C19H27N3O3. The lowest BCUT2D eigenvalue weighted by Gasteiger charge is -2.16. The molecule has 1 heterocycles. The molecule has 1 aromatic carbocycles. The fourth-order valence-corrected chi connectivity index (χ4v) is 3.52. The first-order chi connectivity index (χ1) is 12.2. The van der Waals surface area contributed by atoms with Crippen molar-refractivity contribution in [2.75, 3.05) is 13.2 Å². The van der Waals surface area contributed by atoms with Crippen LogP contribution < -0.4 is 11.0 Å². The Morgan fingerprint density at radius 3 is 2.76 bits per heavy atom. The molecule has 25 heavy (non-hydrogen) atoms. The number of hydrogen-bond donors (Lipinski definition) is 2. The van der Waals surface area contributed by atoms with Gasteiger partial charge in [-0.3, -0.25) is 9.36 Å². The highest BCUT2D eigenvalue weighted by molar-refractivity contribution is 5.97. The van der Waals surface area contributed by atoms with Crippen molar-refractivity contribution in [3.05, 3.63) is 34.2 Å². The molecule has 0 saturated heterocycles. The Hall–Kier alpha value is -2.08. The Labute approximate surface area is 147 Å². The Kier molecular flexibility index (Phi) is 5.91. The van der Waals surface area contributed by atoms with Crippen molar-refractivity contribution < 1.29 is 9.53 Å². The van der Waals surface area contributed by atoms with Gasteiger partial charge in [-0.05, 0) is 38.0 Å². The highest BCUT2D eigenvalue weighted by Gasteiger charge is 2.17. The van der Waals surface area contributed by atoms with Gasteiger partial charge in [0.25, 0.3) is 5.91 Å². The quantitative estimate of drug-likeness (QED) is 0.624. The van der Waals surface area contributed by atoms with E-state index in [0.29, 0.717) is 30.8 Å². The molecule has 0 radical (unpaired) electrons. The zero-order valence-electron chi connectivity index (χ0n) is 14.8. The number of benzene rings is 1. The third-order valence-electron chi connectivity index (χ3n) is 4.89. The van der Waals surface area contributed by atoms with Gasteiger partial charge in [0.1, 0.15) is 0 Å². The van der Waals surface area contributed by atoms with Crippen molar-refractivity contribution in [3.8, 4) is 0 Å². The van der Waals surface area contributed by atoms with Gasteiger partial charge in [0.2, 0.25) is 0 Å². The van der Waals surface area contributed by atoms with E-state index in [0.717, 1.165) is 18.4 Å².